The lowest BCUT2D eigenvalue weighted by molar-refractivity contribution is -0.132. The summed E-state index contributed by atoms with van der Waals surface area (Å²) in [7, 11) is 0. The van der Waals surface area contributed by atoms with Crippen LogP contribution in [0.3, 0.4) is 0 Å². The van der Waals surface area contributed by atoms with Gasteiger partial charge in [-0.05, 0) is 18.6 Å². The van der Waals surface area contributed by atoms with E-state index in [1.165, 1.54) is 6.08 Å². The van der Waals surface area contributed by atoms with Gasteiger partial charge < -0.3 is 5.11 Å². The highest BCUT2D eigenvalue weighted by atomic mass is 16.4. The van der Waals surface area contributed by atoms with E-state index >= 15 is 0 Å². The summed E-state index contributed by atoms with van der Waals surface area (Å²) in [5, 5.41) is 8.43. The van der Waals surface area contributed by atoms with Gasteiger partial charge in [-0.25, -0.2) is 4.79 Å². The lowest BCUT2D eigenvalue weighted by atomic mass is 10.3. The molecular weight excluding hydrogens is 166 g/mol. The van der Waals surface area contributed by atoms with Crippen molar-refractivity contribution in [2.45, 2.75) is 19.8 Å². The second-order valence-electron chi connectivity index (χ2n) is 2.60. The Morgan fingerprint density at radius 1 is 1.62 bits per heavy atom. The maximum Gasteiger partial charge on any atom is 0.335 e. The minimum absolute atomic E-state index is 0.0712. The largest absolute Gasteiger partial charge is 0.478 e. The maximum atomic E-state index is 10.3. The van der Waals surface area contributed by atoms with Crippen molar-refractivity contribution in [3.63, 3.8) is 0 Å². The standard InChI is InChI=1S/C10H15NO2/c1-3-4-7-11-8-5-6-9(2)10(12)13/h5-6,8H,2-4,7H2,1H3,(H,12,13)/b6-5-,11-8?. The Kier molecular flexibility index (Phi) is 6.51. The zero-order valence-electron chi connectivity index (χ0n) is 7.86. The summed E-state index contributed by atoms with van der Waals surface area (Å²) in [5.74, 6) is -1.00. The summed E-state index contributed by atoms with van der Waals surface area (Å²) in [6.07, 6.45) is 6.79. The van der Waals surface area contributed by atoms with Gasteiger partial charge in [0.15, 0.2) is 0 Å². The number of allylic oxidation sites excluding steroid dienone is 1. The van der Waals surface area contributed by atoms with E-state index in [0.29, 0.717) is 0 Å². The van der Waals surface area contributed by atoms with Crippen LogP contribution < -0.4 is 0 Å². The van der Waals surface area contributed by atoms with Crippen molar-refractivity contribution in [1.82, 2.24) is 0 Å². The molecule has 0 amide bonds. The molecule has 0 bridgehead atoms. The van der Waals surface area contributed by atoms with Gasteiger partial charge in [0.1, 0.15) is 0 Å². The van der Waals surface area contributed by atoms with Crippen LogP contribution in [-0.2, 0) is 4.79 Å². The molecule has 0 spiro atoms. The molecule has 0 aromatic rings. The molecule has 1 N–H and O–H groups in total. The van der Waals surface area contributed by atoms with Gasteiger partial charge in [0, 0.05) is 12.8 Å². The summed E-state index contributed by atoms with van der Waals surface area (Å²) in [6, 6.07) is 0. The predicted octanol–water partition coefficient (Wildman–Crippen LogP) is 2.05. The van der Waals surface area contributed by atoms with Crippen molar-refractivity contribution < 1.29 is 9.90 Å². The molecule has 72 valence electrons. The predicted molar refractivity (Wildman–Crippen MR) is 54.2 cm³/mol. The van der Waals surface area contributed by atoms with Gasteiger partial charge in [-0.15, -0.1) is 0 Å². The lowest BCUT2D eigenvalue weighted by Gasteiger charge is -1.88. The highest BCUT2D eigenvalue weighted by Gasteiger charge is 1.95. The van der Waals surface area contributed by atoms with Gasteiger partial charge in [0.05, 0.1) is 5.57 Å². The molecule has 0 aromatic heterocycles. The SMILES string of the molecule is C=C(/C=C\C=NCCCC)C(=O)O. The fraction of sp³-hybridized carbons (Fsp3) is 0.400. The highest BCUT2D eigenvalue weighted by Crippen LogP contribution is 1.91. The zero-order chi connectivity index (χ0) is 10.1. The number of nitrogens with zero attached hydrogens (tertiary/aromatic N) is 1. The normalized spacial score (nSPS) is 11.2. The van der Waals surface area contributed by atoms with Crippen LogP contribution in [0, 0.1) is 0 Å². The lowest BCUT2D eigenvalue weighted by Crippen LogP contribution is -1.94. The summed E-state index contributed by atoms with van der Waals surface area (Å²) < 4.78 is 0. The number of aliphatic imine (C=N–C) groups is 1. The molecule has 13 heavy (non-hydrogen) atoms. The molecule has 0 aliphatic carbocycles. The summed E-state index contributed by atoms with van der Waals surface area (Å²) in [6.45, 7) is 6.23. The first kappa shape index (κ1) is 11.6. The van der Waals surface area contributed by atoms with Crippen molar-refractivity contribution in [1.29, 1.82) is 0 Å². The molecule has 0 radical (unpaired) electrons. The van der Waals surface area contributed by atoms with Gasteiger partial charge in [0.2, 0.25) is 0 Å². The Hall–Kier alpha value is -1.38. The van der Waals surface area contributed by atoms with Gasteiger partial charge in [-0.3, -0.25) is 4.99 Å². The third kappa shape index (κ3) is 7.00. The van der Waals surface area contributed by atoms with Gasteiger partial charge in [-0.2, -0.15) is 0 Å². The Morgan fingerprint density at radius 3 is 2.85 bits per heavy atom. The minimum Gasteiger partial charge on any atom is -0.478 e. The van der Waals surface area contributed by atoms with Crippen molar-refractivity contribution in [2.24, 2.45) is 4.99 Å². The molecule has 0 atom stereocenters. The van der Waals surface area contributed by atoms with E-state index in [1.54, 1.807) is 12.3 Å². The van der Waals surface area contributed by atoms with E-state index in [0.717, 1.165) is 19.4 Å². The van der Waals surface area contributed by atoms with Crippen LogP contribution in [-0.4, -0.2) is 23.8 Å². The number of carbonyl (C=O) groups is 1. The zero-order valence-corrected chi connectivity index (χ0v) is 7.86. The molecule has 0 aliphatic rings. The molecule has 0 aromatic carbocycles. The smallest absolute Gasteiger partial charge is 0.335 e. The number of hydrogen-bond donors (Lipinski definition) is 1. The second-order valence-corrected chi connectivity index (χ2v) is 2.60. The highest BCUT2D eigenvalue weighted by molar-refractivity contribution is 5.90. The maximum absolute atomic E-state index is 10.3. The first-order valence-electron chi connectivity index (χ1n) is 4.27. The number of unbranched alkanes of at least 4 members (excludes halogenated alkanes) is 1. The van der Waals surface area contributed by atoms with Crippen LogP contribution >= 0.6 is 0 Å². The van der Waals surface area contributed by atoms with Gasteiger partial charge in [0.25, 0.3) is 0 Å². The van der Waals surface area contributed by atoms with E-state index in [4.69, 9.17) is 5.11 Å². The molecule has 0 fully saturated rings. The van der Waals surface area contributed by atoms with Crippen LogP contribution in [0.15, 0.2) is 29.3 Å². The van der Waals surface area contributed by atoms with Crippen LogP contribution in [0.2, 0.25) is 0 Å². The molecule has 0 saturated heterocycles. The van der Waals surface area contributed by atoms with Crippen LogP contribution in [0.5, 0.6) is 0 Å². The van der Waals surface area contributed by atoms with E-state index in [9.17, 15) is 4.79 Å². The minimum atomic E-state index is -1.00. The topological polar surface area (TPSA) is 49.7 Å². The number of aliphatic carboxylic acids is 1. The molecule has 0 saturated carbocycles. The van der Waals surface area contributed by atoms with Crippen molar-refractivity contribution in [3.8, 4) is 0 Å². The molecular formula is C10H15NO2. The number of carboxylic acid groups (broad SMARTS) is 1. The van der Waals surface area contributed by atoms with Crippen molar-refractivity contribution in [2.75, 3.05) is 6.54 Å². The fourth-order valence-corrected chi connectivity index (χ4v) is 0.615. The Labute approximate surface area is 78.5 Å². The monoisotopic (exact) mass is 181 g/mol. The first-order valence-corrected chi connectivity index (χ1v) is 4.27. The van der Waals surface area contributed by atoms with Crippen LogP contribution in [0.25, 0.3) is 0 Å². The number of rotatable bonds is 6. The number of carboxylic acids is 1. The molecule has 3 heteroatoms. The molecule has 0 unspecified atom stereocenters. The Bertz CT molecular complexity index is 229. The van der Waals surface area contributed by atoms with E-state index in [-0.39, 0.29) is 5.57 Å². The average molecular weight is 181 g/mol. The average Bonchev–Trinajstić information content (AvgIpc) is 2.10. The first-order chi connectivity index (χ1) is 6.18. The Morgan fingerprint density at radius 2 is 2.31 bits per heavy atom. The summed E-state index contributed by atoms with van der Waals surface area (Å²) in [5.41, 5.74) is 0.0712. The van der Waals surface area contributed by atoms with E-state index in [1.807, 2.05) is 0 Å². The van der Waals surface area contributed by atoms with E-state index in [2.05, 4.69) is 18.5 Å². The summed E-state index contributed by atoms with van der Waals surface area (Å²) in [4.78, 5) is 14.3. The Balaban J connectivity index is 3.68. The second kappa shape index (κ2) is 7.28. The quantitative estimate of drug-likeness (QED) is 0.295. The molecule has 3 nitrogen and oxygen atoms in total. The molecule has 0 aliphatic heterocycles. The number of hydrogen-bond acceptors (Lipinski definition) is 2. The van der Waals surface area contributed by atoms with Gasteiger partial charge >= 0.3 is 5.97 Å². The fourth-order valence-electron chi connectivity index (χ4n) is 0.615. The molecule has 0 heterocycles. The van der Waals surface area contributed by atoms with E-state index < -0.39 is 5.97 Å². The van der Waals surface area contributed by atoms with Crippen molar-refractivity contribution >= 4 is 12.2 Å². The van der Waals surface area contributed by atoms with Crippen LogP contribution in [0.1, 0.15) is 19.8 Å². The van der Waals surface area contributed by atoms with Gasteiger partial charge in [-0.1, -0.05) is 19.9 Å². The molecule has 0 rings (SSSR count). The van der Waals surface area contributed by atoms with Crippen molar-refractivity contribution in [3.05, 3.63) is 24.3 Å². The van der Waals surface area contributed by atoms with Crippen LogP contribution in [0.4, 0.5) is 0 Å². The third-order valence-corrected chi connectivity index (χ3v) is 1.40. The summed E-state index contributed by atoms with van der Waals surface area (Å²) >= 11 is 0. The third-order valence-electron chi connectivity index (χ3n) is 1.40.